The minimum atomic E-state index is -0.439. The highest BCUT2D eigenvalue weighted by atomic mass is 32.2. The van der Waals surface area contributed by atoms with E-state index in [2.05, 4.69) is 10.0 Å². The van der Waals surface area contributed by atoms with Gasteiger partial charge in [0.15, 0.2) is 0 Å². The Bertz CT molecular complexity index is 503. The molecule has 19 heavy (non-hydrogen) atoms. The summed E-state index contributed by atoms with van der Waals surface area (Å²) in [5.41, 5.74) is 9.51. The summed E-state index contributed by atoms with van der Waals surface area (Å²) in [7, 11) is 0. The van der Waals surface area contributed by atoms with Crippen LogP contribution < -0.4 is 0 Å². The number of thioether (sulfide) groups is 1. The van der Waals surface area contributed by atoms with Crippen LogP contribution in [0.5, 0.6) is 0 Å². The van der Waals surface area contributed by atoms with Gasteiger partial charge in [-0.05, 0) is 30.3 Å². The zero-order valence-electron chi connectivity index (χ0n) is 10.6. The third-order valence-electron chi connectivity index (χ3n) is 2.48. The van der Waals surface area contributed by atoms with E-state index in [0.29, 0.717) is 11.5 Å². The fraction of sp³-hybridized carbons (Fsp3) is 0.455. The van der Waals surface area contributed by atoms with Gasteiger partial charge in [0.25, 0.3) is 5.69 Å². The standard InChI is InChI=1S/C11H14N4O3S/c1-8(18-7-19-2)10-5-9(6-13-14-12)3-4-11(10)15(16)17/h3-5,8H,6-7H2,1-2H3. The largest absolute Gasteiger partial charge is 0.363 e. The van der Waals surface area contributed by atoms with E-state index in [1.165, 1.54) is 17.8 Å². The van der Waals surface area contributed by atoms with Crippen molar-refractivity contribution in [2.45, 2.75) is 19.6 Å². The summed E-state index contributed by atoms with van der Waals surface area (Å²) in [4.78, 5) is 13.2. The average molecular weight is 282 g/mol. The molecule has 0 aliphatic rings. The molecule has 102 valence electrons. The maximum atomic E-state index is 11.0. The van der Waals surface area contributed by atoms with Crippen molar-refractivity contribution < 1.29 is 9.66 Å². The van der Waals surface area contributed by atoms with E-state index in [1.54, 1.807) is 19.1 Å². The number of rotatable bonds is 7. The molecule has 0 N–H and O–H groups in total. The first kappa shape index (κ1) is 15.3. The van der Waals surface area contributed by atoms with Crippen LogP contribution in [-0.2, 0) is 11.3 Å². The highest BCUT2D eigenvalue weighted by Gasteiger charge is 2.19. The Morgan fingerprint density at radius 1 is 1.63 bits per heavy atom. The van der Waals surface area contributed by atoms with Crippen molar-refractivity contribution in [1.29, 1.82) is 0 Å². The monoisotopic (exact) mass is 282 g/mol. The van der Waals surface area contributed by atoms with Gasteiger partial charge in [-0.25, -0.2) is 0 Å². The summed E-state index contributed by atoms with van der Waals surface area (Å²) in [6.45, 7) is 1.92. The van der Waals surface area contributed by atoms with Gasteiger partial charge in [-0.15, -0.1) is 11.8 Å². The fourth-order valence-corrected chi connectivity index (χ4v) is 1.91. The molecule has 0 bridgehead atoms. The second-order valence-corrected chi connectivity index (χ2v) is 4.57. The molecule has 0 spiro atoms. The molecule has 0 heterocycles. The SMILES string of the molecule is CSCOC(C)c1cc(CN=[N+]=[N-])ccc1[N+](=O)[O-]. The number of hydrogen-bond acceptors (Lipinski definition) is 5. The Balaban J connectivity index is 3.07. The predicted molar refractivity (Wildman–Crippen MR) is 73.8 cm³/mol. The molecular weight excluding hydrogens is 268 g/mol. The van der Waals surface area contributed by atoms with E-state index < -0.39 is 4.92 Å². The Morgan fingerprint density at radius 3 is 2.95 bits per heavy atom. The van der Waals surface area contributed by atoms with Gasteiger partial charge in [0.2, 0.25) is 0 Å². The summed E-state index contributed by atoms with van der Waals surface area (Å²) in [6.07, 6.45) is 1.50. The van der Waals surface area contributed by atoms with Crippen LogP contribution in [-0.4, -0.2) is 17.1 Å². The van der Waals surface area contributed by atoms with Gasteiger partial charge in [-0.1, -0.05) is 11.2 Å². The average Bonchev–Trinajstić information content (AvgIpc) is 2.41. The predicted octanol–water partition coefficient (Wildman–Crippen LogP) is 3.80. The maximum Gasteiger partial charge on any atom is 0.275 e. The number of hydrogen-bond donors (Lipinski definition) is 0. The van der Waals surface area contributed by atoms with E-state index in [0.717, 1.165) is 5.56 Å². The number of benzene rings is 1. The van der Waals surface area contributed by atoms with Gasteiger partial charge >= 0.3 is 0 Å². The molecule has 0 aromatic heterocycles. The lowest BCUT2D eigenvalue weighted by Crippen LogP contribution is -2.04. The highest BCUT2D eigenvalue weighted by molar-refractivity contribution is 7.98. The van der Waals surface area contributed by atoms with Crippen LogP contribution >= 0.6 is 11.8 Å². The topological polar surface area (TPSA) is 101 Å². The molecule has 0 radical (unpaired) electrons. The minimum Gasteiger partial charge on any atom is -0.363 e. The molecule has 0 amide bonds. The Labute approximate surface area is 114 Å². The van der Waals surface area contributed by atoms with E-state index in [-0.39, 0.29) is 18.3 Å². The number of ether oxygens (including phenoxy) is 1. The molecule has 8 heteroatoms. The third kappa shape index (κ3) is 4.44. The molecular formula is C11H14N4O3S. The number of nitro groups is 1. The van der Waals surface area contributed by atoms with Crippen LogP contribution in [0.3, 0.4) is 0 Å². The van der Waals surface area contributed by atoms with E-state index >= 15 is 0 Å². The van der Waals surface area contributed by atoms with Crippen molar-refractivity contribution in [3.8, 4) is 0 Å². The lowest BCUT2D eigenvalue weighted by molar-refractivity contribution is -0.386. The summed E-state index contributed by atoms with van der Waals surface area (Å²) in [5, 5.41) is 14.4. The molecule has 1 aromatic rings. The van der Waals surface area contributed by atoms with Gasteiger partial charge in [0.1, 0.15) is 0 Å². The van der Waals surface area contributed by atoms with E-state index in [9.17, 15) is 10.1 Å². The van der Waals surface area contributed by atoms with Crippen molar-refractivity contribution in [3.05, 3.63) is 49.9 Å². The zero-order valence-corrected chi connectivity index (χ0v) is 11.5. The number of nitrogens with zero attached hydrogens (tertiary/aromatic N) is 4. The molecule has 1 rings (SSSR count). The first-order valence-electron chi connectivity index (χ1n) is 5.48. The molecule has 1 atom stereocenters. The van der Waals surface area contributed by atoms with Crippen molar-refractivity contribution in [2.24, 2.45) is 5.11 Å². The first-order chi connectivity index (χ1) is 9.10. The van der Waals surface area contributed by atoms with E-state index in [1.807, 2.05) is 6.26 Å². The molecule has 0 fully saturated rings. The van der Waals surface area contributed by atoms with Gasteiger partial charge in [0, 0.05) is 11.0 Å². The molecule has 0 saturated carbocycles. The van der Waals surface area contributed by atoms with Crippen molar-refractivity contribution in [2.75, 3.05) is 12.2 Å². The molecule has 1 aromatic carbocycles. The van der Waals surface area contributed by atoms with Gasteiger partial charge in [-0.3, -0.25) is 10.1 Å². The summed E-state index contributed by atoms with van der Waals surface area (Å²) >= 11 is 1.50. The molecule has 7 nitrogen and oxygen atoms in total. The molecule has 0 aliphatic heterocycles. The zero-order chi connectivity index (χ0) is 14.3. The molecule has 1 unspecified atom stereocenters. The summed E-state index contributed by atoms with van der Waals surface area (Å²) in [5.74, 6) is 0.457. The summed E-state index contributed by atoms with van der Waals surface area (Å²) < 4.78 is 5.48. The smallest absolute Gasteiger partial charge is 0.275 e. The Morgan fingerprint density at radius 2 is 2.37 bits per heavy atom. The van der Waals surface area contributed by atoms with Crippen molar-refractivity contribution in [3.63, 3.8) is 0 Å². The minimum absolute atomic E-state index is 0.0123. The van der Waals surface area contributed by atoms with Gasteiger partial charge in [0.05, 0.1) is 29.1 Å². The quantitative estimate of drug-likeness (QED) is 0.189. The number of azide groups is 1. The van der Waals surface area contributed by atoms with Crippen LogP contribution in [0.1, 0.15) is 24.2 Å². The normalized spacial score (nSPS) is 11.7. The van der Waals surface area contributed by atoms with Crippen molar-refractivity contribution >= 4 is 17.4 Å². The van der Waals surface area contributed by atoms with Crippen molar-refractivity contribution in [1.82, 2.24) is 0 Å². The van der Waals surface area contributed by atoms with Crippen LogP contribution in [0.25, 0.3) is 10.4 Å². The van der Waals surface area contributed by atoms with Crippen LogP contribution in [0.15, 0.2) is 23.3 Å². The molecule has 0 saturated heterocycles. The van der Waals surface area contributed by atoms with Crippen LogP contribution in [0, 0.1) is 10.1 Å². The van der Waals surface area contributed by atoms with Gasteiger partial charge in [-0.2, -0.15) is 0 Å². The maximum absolute atomic E-state index is 11.0. The second kappa shape index (κ2) is 7.63. The second-order valence-electron chi connectivity index (χ2n) is 3.75. The van der Waals surface area contributed by atoms with Crippen LogP contribution in [0.4, 0.5) is 5.69 Å². The van der Waals surface area contributed by atoms with E-state index in [4.69, 9.17) is 10.3 Å². The van der Waals surface area contributed by atoms with Crippen LogP contribution in [0.2, 0.25) is 0 Å². The third-order valence-corrected chi connectivity index (χ3v) is 2.85. The molecule has 0 aliphatic carbocycles. The first-order valence-corrected chi connectivity index (χ1v) is 6.88. The van der Waals surface area contributed by atoms with Gasteiger partial charge < -0.3 is 4.74 Å². The highest BCUT2D eigenvalue weighted by Crippen LogP contribution is 2.29. The lowest BCUT2D eigenvalue weighted by Gasteiger charge is -2.13. The summed E-state index contributed by atoms with van der Waals surface area (Å²) in [6, 6.07) is 4.64. The Hall–Kier alpha value is -1.76. The Kier molecular flexibility index (Phi) is 6.14. The fourth-order valence-electron chi connectivity index (χ4n) is 1.57. The number of nitro benzene ring substituents is 1. The lowest BCUT2D eigenvalue weighted by atomic mass is 10.0.